The number of ketones is 1. The minimum atomic E-state index is -4.02. The molecule has 5 aromatic carbocycles. The number of hydrogen-bond donors (Lipinski definition) is 3. The van der Waals surface area contributed by atoms with Gasteiger partial charge in [-0.3, -0.25) is 9.52 Å². The van der Waals surface area contributed by atoms with Gasteiger partial charge in [0, 0.05) is 27.5 Å². The summed E-state index contributed by atoms with van der Waals surface area (Å²) in [5, 5.41) is 23.6. The van der Waals surface area contributed by atoms with E-state index in [9.17, 15) is 23.4 Å². The first kappa shape index (κ1) is 25.8. The molecule has 0 unspecified atom stereocenters. The SMILES string of the molecule is Cc1ccc(S(=O)(=O)Nc2cc(/C(C(=O)c3ccccc3)=C(\O)c3ccccc3)c(O)c3ccccc23)cc1. The van der Waals surface area contributed by atoms with Crippen LogP contribution in [-0.4, -0.2) is 24.4 Å². The lowest BCUT2D eigenvalue weighted by Gasteiger charge is -2.18. The number of rotatable bonds is 7. The maximum atomic E-state index is 13.8. The average molecular weight is 536 g/mol. The van der Waals surface area contributed by atoms with E-state index < -0.39 is 15.8 Å². The molecule has 5 rings (SSSR count). The van der Waals surface area contributed by atoms with E-state index in [0.29, 0.717) is 21.9 Å². The van der Waals surface area contributed by atoms with Crippen molar-refractivity contribution in [1.82, 2.24) is 0 Å². The number of aliphatic hydroxyl groups excluding tert-OH is 1. The molecule has 6 nitrogen and oxygen atoms in total. The van der Waals surface area contributed by atoms with Gasteiger partial charge in [0.1, 0.15) is 11.5 Å². The van der Waals surface area contributed by atoms with E-state index in [0.717, 1.165) is 5.56 Å². The summed E-state index contributed by atoms with van der Waals surface area (Å²) in [6.07, 6.45) is 0. The highest BCUT2D eigenvalue weighted by molar-refractivity contribution is 7.92. The minimum absolute atomic E-state index is 0.00878. The number of benzene rings is 5. The Hall–Kier alpha value is -4.88. The monoisotopic (exact) mass is 535 g/mol. The second-order valence-corrected chi connectivity index (χ2v) is 10.8. The van der Waals surface area contributed by atoms with Gasteiger partial charge in [0.25, 0.3) is 10.0 Å². The topological polar surface area (TPSA) is 104 Å². The molecular weight excluding hydrogens is 510 g/mol. The van der Waals surface area contributed by atoms with Crippen molar-refractivity contribution in [3.8, 4) is 5.75 Å². The van der Waals surface area contributed by atoms with Crippen LogP contribution in [0.5, 0.6) is 5.75 Å². The number of aromatic hydroxyl groups is 1. The molecule has 0 radical (unpaired) electrons. The molecule has 0 amide bonds. The lowest BCUT2D eigenvalue weighted by Crippen LogP contribution is -2.14. The highest BCUT2D eigenvalue weighted by atomic mass is 32.2. The van der Waals surface area contributed by atoms with Crippen molar-refractivity contribution in [2.75, 3.05) is 4.72 Å². The molecular formula is C32H25NO5S. The van der Waals surface area contributed by atoms with E-state index in [1.165, 1.54) is 18.2 Å². The van der Waals surface area contributed by atoms with Crippen molar-refractivity contribution in [2.45, 2.75) is 11.8 Å². The number of aryl methyl sites for hydroxylation is 1. The summed E-state index contributed by atoms with van der Waals surface area (Å²) in [5.41, 5.74) is 1.56. The summed E-state index contributed by atoms with van der Waals surface area (Å²) in [7, 11) is -4.02. The van der Waals surface area contributed by atoms with Crippen molar-refractivity contribution < 1.29 is 23.4 Å². The number of allylic oxidation sites excluding steroid dienone is 1. The zero-order valence-electron chi connectivity index (χ0n) is 21.0. The molecule has 0 aromatic heterocycles. The Balaban J connectivity index is 1.76. The molecule has 0 spiro atoms. The predicted molar refractivity (Wildman–Crippen MR) is 154 cm³/mol. The minimum Gasteiger partial charge on any atom is -0.507 e. The summed E-state index contributed by atoms with van der Waals surface area (Å²) < 4.78 is 29.3. The first-order valence-electron chi connectivity index (χ1n) is 12.2. The lowest BCUT2D eigenvalue weighted by atomic mass is 9.90. The van der Waals surface area contributed by atoms with E-state index >= 15 is 0 Å². The van der Waals surface area contributed by atoms with E-state index in [2.05, 4.69) is 4.72 Å². The number of nitrogens with one attached hydrogen (secondary N) is 1. The summed E-state index contributed by atoms with van der Waals surface area (Å²) >= 11 is 0. The molecule has 5 aromatic rings. The first-order valence-corrected chi connectivity index (χ1v) is 13.7. The zero-order chi connectivity index (χ0) is 27.6. The maximum Gasteiger partial charge on any atom is 0.261 e. The first-order chi connectivity index (χ1) is 18.8. The van der Waals surface area contributed by atoms with E-state index in [4.69, 9.17) is 0 Å². The van der Waals surface area contributed by atoms with Crippen LogP contribution in [0.1, 0.15) is 27.0 Å². The number of sulfonamides is 1. The lowest BCUT2D eigenvalue weighted by molar-refractivity contribution is 0.105. The Bertz CT molecular complexity index is 1810. The number of hydrogen-bond acceptors (Lipinski definition) is 5. The van der Waals surface area contributed by atoms with Gasteiger partial charge in [-0.05, 0) is 25.1 Å². The molecule has 3 N–H and O–H groups in total. The van der Waals surface area contributed by atoms with Gasteiger partial charge >= 0.3 is 0 Å². The Morgan fingerprint density at radius 2 is 1.26 bits per heavy atom. The number of anilines is 1. The summed E-state index contributed by atoms with van der Waals surface area (Å²) in [6.45, 7) is 1.86. The van der Waals surface area contributed by atoms with E-state index in [1.54, 1.807) is 97.1 Å². The second-order valence-electron chi connectivity index (χ2n) is 9.07. The molecule has 0 bridgehead atoms. The molecule has 0 saturated heterocycles. The fourth-order valence-electron chi connectivity index (χ4n) is 4.39. The second kappa shape index (κ2) is 10.5. The summed E-state index contributed by atoms with van der Waals surface area (Å²) in [6, 6.07) is 31.4. The smallest absolute Gasteiger partial charge is 0.261 e. The highest BCUT2D eigenvalue weighted by Gasteiger charge is 2.26. The molecule has 39 heavy (non-hydrogen) atoms. The molecule has 0 aliphatic carbocycles. The molecule has 0 saturated carbocycles. The van der Waals surface area contributed by atoms with Crippen LogP contribution in [0, 0.1) is 6.92 Å². The number of fused-ring (bicyclic) bond motifs is 1. The number of carbonyl (C=O) groups is 1. The Morgan fingerprint density at radius 3 is 1.87 bits per heavy atom. The third kappa shape index (κ3) is 5.12. The molecule has 7 heteroatoms. The van der Waals surface area contributed by atoms with E-state index in [-0.39, 0.29) is 33.2 Å². The summed E-state index contributed by atoms with van der Waals surface area (Å²) in [4.78, 5) is 13.9. The fourth-order valence-corrected chi connectivity index (χ4v) is 5.46. The molecule has 0 fully saturated rings. The number of aliphatic hydroxyl groups is 1. The standard InChI is InChI=1S/C32H25NO5S/c1-21-16-18-24(19-17-21)39(37,38)33-28-20-27(32(36)26-15-9-8-14-25(26)28)29(30(34)22-10-4-2-5-11-22)31(35)23-12-6-3-7-13-23/h2-20,33-34,36H,1H3/b30-29+. The third-order valence-electron chi connectivity index (χ3n) is 6.41. The van der Waals surface area contributed by atoms with Gasteiger partial charge in [-0.1, -0.05) is 103 Å². The zero-order valence-corrected chi connectivity index (χ0v) is 21.8. The van der Waals surface area contributed by atoms with Gasteiger partial charge in [-0.2, -0.15) is 0 Å². The third-order valence-corrected chi connectivity index (χ3v) is 7.79. The Kier molecular flexibility index (Phi) is 6.92. The maximum absolute atomic E-state index is 13.8. The van der Waals surface area contributed by atoms with Crippen molar-refractivity contribution in [1.29, 1.82) is 0 Å². The average Bonchev–Trinajstić information content (AvgIpc) is 2.96. The van der Waals surface area contributed by atoms with Gasteiger partial charge in [-0.15, -0.1) is 0 Å². The predicted octanol–water partition coefficient (Wildman–Crippen LogP) is 6.96. The summed E-state index contributed by atoms with van der Waals surface area (Å²) in [5.74, 6) is -1.14. The van der Waals surface area contributed by atoms with Crippen molar-refractivity contribution in [3.05, 3.63) is 138 Å². The number of phenolic OH excluding ortho intramolecular Hbond substituents is 1. The van der Waals surface area contributed by atoms with Crippen LogP contribution >= 0.6 is 0 Å². The van der Waals surface area contributed by atoms with Crippen LogP contribution in [-0.2, 0) is 10.0 Å². The van der Waals surface area contributed by atoms with Gasteiger partial charge in [-0.25, -0.2) is 8.42 Å². The van der Waals surface area contributed by atoms with Gasteiger partial charge < -0.3 is 10.2 Å². The molecule has 0 aliphatic rings. The van der Waals surface area contributed by atoms with Gasteiger partial charge in [0.2, 0.25) is 0 Å². The van der Waals surface area contributed by atoms with Crippen molar-refractivity contribution in [2.24, 2.45) is 0 Å². The van der Waals surface area contributed by atoms with Crippen molar-refractivity contribution >= 4 is 43.6 Å². The quantitative estimate of drug-likeness (QED) is 0.0687. The highest BCUT2D eigenvalue weighted by Crippen LogP contribution is 2.41. The van der Waals surface area contributed by atoms with Crippen LogP contribution in [0.2, 0.25) is 0 Å². The van der Waals surface area contributed by atoms with Crippen LogP contribution in [0.15, 0.2) is 120 Å². The van der Waals surface area contributed by atoms with E-state index in [1.807, 2.05) is 6.92 Å². The number of carbonyl (C=O) groups excluding carboxylic acids is 1. The van der Waals surface area contributed by atoms with Crippen LogP contribution < -0.4 is 4.72 Å². The van der Waals surface area contributed by atoms with Crippen molar-refractivity contribution in [3.63, 3.8) is 0 Å². The number of phenols is 1. The molecule has 194 valence electrons. The van der Waals surface area contributed by atoms with Crippen LogP contribution in [0.4, 0.5) is 5.69 Å². The molecule has 0 heterocycles. The fraction of sp³-hybridized carbons (Fsp3) is 0.0312. The van der Waals surface area contributed by atoms with Gasteiger partial charge in [0.15, 0.2) is 5.78 Å². The van der Waals surface area contributed by atoms with Gasteiger partial charge in [0.05, 0.1) is 16.2 Å². The number of Topliss-reactive ketones (excluding diaryl/α,β-unsaturated/α-hetero) is 1. The van der Waals surface area contributed by atoms with Crippen LogP contribution in [0.3, 0.4) is 0 Å². The van der Waals surface area contributed by atoms with Crippen LogP contribution in [0.25, 0.3) is 22.1 Å². The Labute approximate surface area is 226 Å². The molecule has 0 aliphatic heterocycles. The molecule has 0 atom stereocenters. The Morgan fingerprint density at radius 1 is 0.718 bits per heavy atom. The normalized spacial score (nSPS) is 12.1. The largest absolute Gasteiger partial charge is 0.507 e.